The van der Waals surface area contributed by atoms with Crippen LogP contribution in [0.4, 0.5) is 11.4 Å². The van der Waals surface area contributed by atoms with E-state index in [0.29, 0.717) is 11.6 Å². The van der Waals surface area contributed by atoms with Crippen LogP contribution in [0.2, 0.25) is 0 Å². The molecule has 0 saturated heterocycles. The molecule has 5 heteroatoms. The molecule has 0 bridgehead atoms. The molecule has 1 atom stereocenters. The predicted molar refractivity (Wildman–Crippen MR) is 72.2 cm³/mol. The van der Waals surface area contributed by atoms with Crippen LogP contribution in [0, 0.1) is 16.0 Å². The highest BCUT2D eigenvalue weighted by molar-refractivity contribution is 5.68. The lowest BCUT2D eigenvalue weighted by atomic mass is 10.0. The molecule has 1 aromatic carbocycles. The van der Waals surface area contributed by atoms with Gasteiger partial charge in [0, 0.05) is 6.04 Å². The summed E-state index contributed by atoms with van der Waals surface area (Å²) in [6.45, 7) is 6.26. The minimum absolute atomic E-state index is 0.00407. The zero-order valence-electron chi connectivity index (χ0n) is 11.3. The summed E-state index contributed by atoms with van der Waals surface area (Å²) >= 11 is 0. The molecule has 18 heavy (non-hydrogen) atoms. The number of nitrogens with zero attached hydrogens (tertiary/aromatic N) is 1. The largest absolute Gasteiger partial charge is 0.490 e. The van der Waals surface area contributed by atoms with Gasteiger partial charge < -0.3 is 10.1 Å². The van der Waals surface area contributed by atoms with Crippen LogP contribution in [0.15, 0.2) is 18.2 Å². The Balaban J connectivity index is 2.98. The Morgan fingerprint density at radius 3 is 2.56 bits per heavy atom. The summed E-state index contributed by atoms with van der Waals surface area (Å²) in [5, 5.41) is 14.3. The van der Waals surface area contributed by atoms with Crippen molar-refractivity contribution in [1.82, 2.24) is 0 Å². The molecule has 5 nitrogen and oxygen atoms in total. The van der Waals surface area contributed by atoms with E-state index in [4.69, 9.17) is 4.74 Å². The van der Waals surface area contributed by atoms with Gasteiger partial charge in [0.25, 0.3) is 0 Å². The molecule has 0 radical (unpaired) electrons. The summed E-state index contributed by atoms with van der Waals surface area (Å²) in [5.74, 6) is 0.818. The first-order valence-electron chi connectivity index (χ1n) is 6.03. The Hall–Kier alpha value is -1.78. The number of rotatable bonds is 6. The molecule has 0 aliphatic carbocycles. The highest BCUT2D eigenvalue weighted by atomic mass is 16.6. The van der Waals surface area contributed by atoms with Gasteiger partial charge in [-0.2, -0.15) is 0 Å². The molecule has 1 N–H and O–H groups in total. The van der Waals surface area contributed by atoms with E-state index in [-0.39, 0.29) is 17.5 Å². The van der Waals surface area contributed by atoms with Crippen molar-refractivity contribution in [2.45, 2.75) is 33.2 Å². The second-order valence-corrected chi connectivity index (χ2v) is 4.79. The van der Waals surface area contributed by atoms with Gasteiger partial charge in [-0.1, -0.05) is 19.9 Å². The van der Waals surface area contributed by atoms with Gasteiger partial charge in [-0.25, -0.2) is 0 Å². The van der Waals surface area contributed by atoms with Crippen LogP contribution in [-0.4, -0.2) is 18.1 Å². The van der Waals surface area contributed by atoms with Crippen molar-refractivity contribution in [3.63, 3.8) is 0 Å². The fourth-order valence-corrected chi connectivity index (χ4v) is 2.02. The van der Waals surface area contributed by atoms with Crippen molar-refractivity contribution in [3.05, 3.63) is 28.3 Å². The first-order chi connectivity index (χ1) is 8.45. The summed E-state index contributed by atoms with van der Waals surface area (Å²) in [4.78, 5) is 10.7. The quantitative estimate of drug-likeness (QED) is 0.622. The molecule has 0 amide bonds. The lowest BCUT2D eigenvalue weighted by Crippen LogP contribution is -2.18. The number of nitrogens with one attached hydrogen (secondary N) is 1. The number of para-hydroxylation sites is 1. The number of nitro groups is 1. The van der Waals surface area contributed by atoms with Gasteiger partial charge in [0.1, 0.15) is 5.69 Å². The maximum Gasteiger partial charge on any atom is 0.333 e. The third-order valence-corrected chi connectivity index (χ3v) is 2.63. The smallest absolute Gasteiger partial charge is 0.333 e. The maximum atomic E-state index is 11.1. The number of anilines is 1. The number of ether oxygens (including phenoxy) is 1. The molecule has 1 aromatic rings. The van der Waals surface area contributed by atoms with Crippen molar-refractivity contribution < 1.29 is 9.66 Å². The Morgan fingerprint density at radius 1 is 1.39 bits per heavy atom. The van der Waals surface area contributed by atoms with Gasteiger partial charge in [-0.05, 0) is 31.4 Å². The van der Waals surface area contributed by atoms with E-state index in [1.807, 2.05) is 6.92 Å². The van der Waals surface area contributed by atoms with E-state index >= 15 is 0 Å². The number of methoxy groups -OCH3 is 1. The first kappa shape index (κ1) is 14.3. The van der Waals surface area contributed by atoms with E-state index in [0.717, 1.165) is 6.42 Å². The van der Waals surface area contributed by atoms with Gasteiger partial charge in [-0.15, -0.1) is 0 Å². The van der Waals surface area contributed by atoms with E-state index in [2.05, 4.69) is 19.2 Å². The van der Waals surface area contributed by atoms with Crippen molar-refractivity contribution in [3.8, 4) is 5.75 Å². The average Bonchev–Trinajstić information content (AvgIpc) is 2.26. The Labute approximate surface area is 107 Å². The molecule has 0 heterocycles. The van der Waals surface area contributed by atoms with Crippen molar-refractivity contribution in [2.75, 3.05) is 12.4 Å². The Kier molecular flexibility index (Phi) is 4.95. The number of hydrogen-bond donors (Lipinski definition) is 1. The molecule has 0 aliphatic rings. The van der Waals surface area contributed by atoms with Crippen LogP contribution in [0.1, 0.15) is 27.2 Å². The van der Waals surface area contributed by atoms with Crippen LogP contribution >= 0.6 is 0 Å². The minimum atomic E-state index is -0.413. The summed E-state index contributed by atoms with van der Waals surface area (Å²) in [6, 6.07) is 5.22. The third kappa shape index (κ3) is 3.61. The van der Waals surface area contributed by atoms with Gasteiger partial charge in [-0.3, -0.25) is 10.1 Å². The van der Waals surface area contributed by atoms with Gasteiger partial charge >= 0.3 is 5.69 Å². The van der Waals surface area contributed by atoms with Crippen LogP contribution in [0.3, 0.4) is 0 Å². The zero-order chi connectivity index (χ0) is 13.7. The number of nitro benzene ring substituents is 1. The topological polar surface area (TPSA) is 64.4 Å². The predicted octanol–water partition coefficient (Wildman–Crippen LogP) is 3.45. The summed E-state index contributed by atoms with van der Waals surface area (Å²) in [5.41, 5.74) is 0.503. The number of hydrogen-bond acceptors (Lipinski definition) is 4. The van der Waals surface area contributed by atoms with E-state index in [1.165, 1.54) is 7.11 Å². The van der Waals surface area contributed by atoms with Crippen molar-refractivity contribution in [1.29, 1.82) is 0 Å². The molecule has 0 spiro atoms. The molecular formula is C13H20N2O3. The SMILES string of the molecule is COc1cccc(NC(C)CC(C)C)c1[N+](=O)[O-]. The summed E-state index contributed by atoms with van der Waals surface area (Å²) < 4.78 is 5.03. The molecule has 1 rings (SSSR count). The number of benzene rings is 1. The lowest BCUT2D eigenvalue weighted by Gasteiger charge is -2.17. The van der Waals surface area contributed by atoms with Crippen LogP contribution in [-0.2, 0) is 0 Å². The second kappa shape index (κ2) is 6.23. The van der Waals surface area contributed by atoms with E-state index in [9.17, 15) is 10.1 Å². The Morgan fingerprint density at radius 2 is 2.06 bits per heavy atom. The van der Waals surface area contributed by atoms with Gasteiger partial charge in [0.05, 0.1) is 12.0 Å². The molecule has 0 saturated carbocycles. The standard InChI is InChI=1S/C13H20N2O3/c1-9(2)8-10(3)14-11-6-5-7-12(18-4)13(11)15(16)17/h5-7,9-10,14H,8H2,1-4H3. The Bertz CT molecular complexity index is 419. The highest BCUT2D eigenvalue weighted by Gasteiger charge is 2.21. The first-order valence-corrected chi connectivity index (χ1v) is 6.03. The summed E-state index contributed by atoms with van der Waals surface area (Å²) in [7, 11) is 1.43. The average molecular weight is 252 g/mol. The van der Waals surface area contributed by atoms with Gasteiger partial charge in [0.2, 0.25) is 0 Å². The molecular weight excluding hydrogens is 232 g/mol. The molecule has 0 aromatic heterocycles. The van der Waals surface area contributed by atoms with Crippen molar-refractivity contribution in [2.24, 2.45) is 5.92 Å². The van der Waals surface area contributed by atoms with Crippen LogP contribution < -0.4 is 10.1 Å². The van der Waals surface area contributed by atoms with E-state index in [1.54, 1.807) is 18.2 Å². The minimum Gasteiger partial charge on any atom is -0.490 e. The van der Waals surface area contributed by atoms with E-state index < -0.39 is 4.92 Å². The lowest BCUT2D eigenvalue weighted by molar-refractivity contribution is -0.384. The molecule has 100 valence electrons. The fourth-order valence-electron chi connectivity index (χ4n) is 2.02. The third-order valence-electron chi connectivity index (χ3n) is 2.63. The zero-order valence-corrected chi connectivity index (χ0v) is 11.3. The highest BCUT2D eigenvalue weighted by Crippen LogP contribution is 2.35. The fraction of sp³-hybridized carbons (Fsp3) is 0.538. The van der Waals surface area contributed by atoms with Crippen LogP contribution in [0.25, 0.3) is 0 Å². The van der Waals surface area contributed by atoms with Crippen molar-refractivity contribution >= 4 is 11.4 Å². The second-order valence-electron chi connectivity index (χ2n) is 4.79. The normalized spacial score (nSPS) is 12.3. The summed E-state index contributed by atoms with van der Waals surface area (Å²) in [6.07, 6.45) is 0.953. The maximum absolute atomic E-state index is 11.1. The molecule has 0 fully saturated rings. The van der Waals surface area contributed by atoms with Crippen LogP contribution in [0.5, 0.6) is 5.75 Å². The monoisotopic (exact) mass is 252 g/mol. The molecule has 0 aliphatic heterocycles. The van der Waals surface area contributed by atoms with Gasteiger partial charge in [0.15, 0.2) is 5.75 Å². The molecule has 1 unspecified atom stereocenters.